The standard InChI is InChI=1S/C24H27BrN4O2/c25-20-9-10-22-21(16-20)24(31)29(18-26-22)17-23(30)28-13-5-12-27(14-15-28)11-4-8-19-6-2-1-3-7-19/h1-3,6-7,9-10,16,18H,4-5,8,11-15,17H2. The highest BCUT2D eigenvalue weighted by Crippen LogP contribution is 2.15. The molecule has 0 radical (unpaired) electrons. The minimum atomic E-state index is -0.183. The van der Waals surface area contributed by atoms with E-state index >= 15 is 0 Å². The highest BCUT2D eigenvalue weighted by Gasteiger charge is 2.20. The first-order valence-electron chi connectivity index (χ1n) is 10.8. The summed E-state index contributed by atoms with van der Waals surface area (Å²) in [6, 6.07) is 16.0. The van der Waals surface area contributed by atoms with Gasteiger partial charge in [0.05, 0.1) is 17.2 Å². The Bertz CT molecular complexity index is 1100. The summed E-state index contributed by atoms with van der Waals surface area (Å²) >= 11 is 3.39. The molecule has 0 spiro atoms. The molecular formula is C24H27BrN4O2. The summed E-state index contributed by atoms with van der Waals surface area (Å²) in [5, 5.41) is 0.519. The van der Waals surface area contributed by atoms with E-state index in [1.807, 2.05) is 17.0 Å². The molecule has 4 rings (SSSR count). The van der Waals surface area contributed by atoms with Crippen molar-refractivity contribution in [1.82, 2.24) is 19.4 Å². The third kappa shape index (κ3) is 5.60. The van der Waals surface area contributed by atoms with Crippen molar-refractivity contribution in [2.45, 2.75) is 25.8 Å². The van der Waals surface area contributed by atoms with E-state index in [9.17, 15) is 9.59 Å². The van der Waals surface area contributed by atoms with Crippen LogP contribution in [0.5, 0.6) is 0 Å². The molecule has 1 aliphatic heterocycles. The maximum absolute atomic E-state index is 12.9. The normalized spacial score (nSPS) is 15.2. The van der Waals surface area contributed by atoms with Gasteiger partial charge in [-0.25, -0.2) is 4.98 Å². The largest absolute Gasteiger partial charge is 0.340 e. The van der Waals surface area contributed by atoms with Gasteiger partial charge in [-0.15, -0.1) is 0 Å². The van der Waals surface area contributed by atoms with Crippen molar-refractivity contribution in [3.63, 3.8) is 0 Å². The first-order valence-corrected chi connectivity index (χ1v) is 11.6. The average Bonchev–Trinajstić information content (AvgIpc) is 3.03. The van der Waals surface area contributed by atoms with Gasteiger partial charge in [0.1, 0.15) is 6.54 Å². The number of fused-ring (bicyclic) bond motifs is 1. The van der Waals surface area contributed by atoms with Gasteiger partial charge in [0.15, 0.2) is 0 Å². The highest BCUT2D eigenvalue weighted by atomic mass is 79.9. The maximum atomic E-state index is 12.9. The molecule has 0 unspecified atom stereocenters. The van der Waals surface area contributed by atoms with Gasteiger partial charge in [-0.1, -0.05) is 46.3 Å². The fourth-order valence-electron chi connectivity index (χ4n) is 4.08. The second kappa shape index (κ2) is 10.2. The Morgan fingerprint density at radius 2 is 1.87 bits per heavy atom. The molecular weight excluding hydrogens is 456 g/mol. The monoisotopic (exact) mass is 482 g/mol. The van der Waals surface area contributed by atoms with E-state index in [-0.39, 0.29) is 18.0 Å². The Morgan fingerprint density at radius 1 is 1.03 bits per heavy atom. The van der Waals surface area contributed by atoms with Crippen LogP contribution in [-0.2, 0) is 17.8 Å². The quantitative estimate of drug-likeness (QED) is 0.540. The van der Waals surface area contributed by atoms with E-state index in [4.69, 9.17) is 0 Å². The van der Waals surface area contributed by atoms with Crippen LogP contribution in [-0.4, -0.2) is 58.0 Å². The zero-order valence-electron chi connectivity index (χ0n) is 17.5. The molecule has 2 aromatic carbocycles. The van der Waals surface area contributed by atoms with Crippen molar-refractivity contribution in [2.75, 3.05) is 32.7 Å². The van der Waals surface area contributed by atoms with Gasteiger partial charge < -0.3 is 9.80 Å². The lowest BCUT2D eigenvalue weighted by atomic mass is 10.1. The summed E-state index contributed by atoms with van der Waals surface area (Å²) in [6.45, 7) is 4.38. The number of nitrogens with zero attached hydrogens (tertiary/aromatic N) is 4. The van der Waals surface area contributed by atoms with Crippen LogP contribution in [0.25, 0.3) is 10.9 Å². The van der Waals surface area contributed by atoms with Crippen molar-refractivity contribution in [2.24, 2.45) is 0 Å². The molecule has 1 fully saturated rings. The van der Waals surface area contributed by atoms with E-state index in [0.717, 1.165) is 49.9 Å². The summed E-state index contributed by atoms with van der Waals surface area (Å²) < 4.78 is 2.24. The van der Waals surface area contributed by atoms with Crippen LogP contribution in [0, 0.1) is 0 Å². The molecule has 31 heavy (non-hydrogen) atoms. The second-order valence-electron chi connectivity index (χ2n) is 8.00. The smallest absolute Gasteiger partial charge is 0.261 e. The van der Waals surface area contributed by atoms with Crippen LogP contribution in [0.3, 0.4) is 0 Å². The molecule has 1 amide bonds. The van der Waals surface area contributed by atoms with Crippen molar-refractivity contribution < 1.29 is 4.79 Å². The number of carbonyl (C=O) groups is 1. The molecule has 0 saturated carbocycles. The first-order chi connectivity index (χ1) is 15.1. The molecule has 0 N–H and O–H groups in total. The van der Waals surface area contributed by atoms with E-state index in [0.29, 0.717) is 17.4 Å². The van der Waals surface area contributed by atoms with Gasteiger partial charge in [-0.05, 0) is 56.1 Å². The highest BCUT2D eigenvalue weighted by molar-refractivity contribution is 9.10. The summed E-state index contributed by atoms with van der Waals surface area (Å²) in [4.78, 5) is 34.3. The Hall–Kier alpha value is -2.51. The number of amides is 1. The van der Waals surface area contributed by atoms with Crippen LogP contribution in [0.2, 0.25) is 0 Å². The SMILES string of the molecule is O=C(Cn1cnc2ccc(Br)cc2c1=O)N1CCCN(CCCc2ccccc2)CC1. The van der Waals surface area contributed by atoms with Crippen molar-refractivity contribution in [3.8, 4) is 0 Å². The molecule has 0 atom stereocenters. The van der Waals surface area contributed by atoms with Gasteiger partial charge in [0, 0.05) is 24.1 Å². The second-order valence-corrected chi connectivity index (χ2v) is 8.92. The third-order valence-electron chi connectivity index (χ3n) is 5.82. The van der Waals surface area contributed by atoms with E-state index in [1.165, 1.54) is 16.5 Å². The zero-order valence-corrected chi connectivity index (χ0v) is 19.1. The van der Waals surface area contributed by atoms with Crippen LogP contribution in [0.1, 0.15) is 18.4 Å². The Balaban J connectivity index is 1.32. The number of benzene rings is 2. The predicted molar refractivity (Wildman–Crippen MR) is 126 cm³/mol. The fourth-order valence-corrected chi connectivity index (χ4v) is 4.45. The van der Waals surface area contributed by atoms with E-state index < -0.39 is 0 Å². The molecule has 3 aromatic rings. The number of aryl methyl sites for hydroxylation is 1. The van der Waals surface area contributed by atoms with E-state index in [1.54, 1.807) is 12.1 Å². The Morgan fingerprint density at radius 3 is 2.71 bits per heavy atom. The minimum Gasteiger partial charge on any atom is -0.340 e. The fraction of sp³-hybridized carbons (Fsp3) is 0.375. The third-order valence-corrected chi connectivity index (χ3v) is 6.31. The van der Waals surface area contributed by atoms with Crippen molar-refractivity contribution >= 4 is 32.7 Å². The Kier molecular flexibility index (Phi) is 7.14. The molecule has 1 saturated heterocycles. The van der Waals surface area contributed by atoms with Crippen molar-refractivity contribution in [1.29, 1.82) is 0 Å². The lowest BCUT2D eigenvalue weighted by molar-refractivity contribution is -0.131. The van der Waals surface area contributed by atoms with Gasteiger partial charge in [0.25, 0.3) is 5.56 Å². The number of hydrogen-bond donors (Lipinski definition) is 0. The van der Waals surface area contributed by atoms with Gasteiger partial charge >= 0.3 is 0 Å². The average molecular weight is 483 g/mol. The number of carbonyl (C=O) groups excluding carboxylic acids is 1. The van der Waals surface area contributed by atoms with Crippen LogP contribution < -0.4 is 5.56 Å². The maximum Gasteiger partial charge on any atom is 0.261 e. The van der Waals surface area contributed by atoms with Crippen LogP contribution in [0.15, 0.2) is 64.1 Å². The minimum absolute atomic E-state index is 0.0237. The molecule has 1 aromatic heterocycles. The number of hydrogen-bond acceptors (Lipinski definition) is 4. The molecule has 6 nitrogen and oxygen atoms in total. The lowest BCUT2D eigenvalue weighted by Gasteiger charge is -2.22. The number of halogens is 1. The predicted octanol–water partition coefficient (Wildman–Crippen LogP) is 3.33. The first kappa shape index (κ1) is 21.7. The summed E-state index contributed by atoms with van der Waals surface area (Å²) in [7, 11) is 0. The summed E-state index contributed by atoms with van der Waals surface area (Å²) in [5.41, 5.74) is 1.82. The van der Waals surface area contributed by atoms with E-state index in [2.05, 4.69) is 50.1 Å². The number of aromatic nitrogens is 2. The molecule has 0 aliphatic carbocycles. The molecule has 1 aliphatic rings. The molecule has 2 heterocycles. The van der Waals surface area contributed by atoms with Gasteiger partial charge in [-0.2, -0.15) is 0 Å². The summed E-state index contributed by atoms with van der Waals surface area (Å²) in [5.74, 6) is -0.0237. The van der Waals surface area contributed by atoms with Gasteiger partial charge in [0.2, 0.25) is 5.91 Å². The van der Waals surface area contributed by atoms with Crippen molar-refractivity contribution in [3.05, 3.63) is 75.2 Å². The number of rotatable bonds is 6. The molecule has 7 heteroatoms. The molecule has 0 bridgehead atoms. The Labute approximate surface area is 190 Å². The zero-order chi connectivity index (χ0) is 21.6. The van der Waals surface area contributed by atoms with Crippen LogP contribution in [0.4, 0.5) is 0 Å². The van der Waals surface area contributed by atoms with Gasteiger partial charge in [-0.3, -0.25) is 14.2 Å². The van der Waals surface area contributed by atoms with Crippen LogP contribution >= 0.6 is 15.9 Å². The lowest BCUT2D eigenvalue weighted by Crippen LogP contribution is -2.39. The summed E-state index contributed by atoms with van der Waals surface area (Å²) in [6.07, 6.45) is 4.62. The molecule has 162 valence electrons. The topological polar surface area (TPSA) is 58.4 Å².